The average Bonchev–Trinajstić information content (AvgIpc) is 2.67. The first-order chi connectivity index (χ1) is 13.7. The molecule has 0 aliphatic heterocycles. The van der Waals surface area contributed by atoms with E-state index in [0.29, 0.717) is 17.9 Å². The van der Waals surface area contributed by atoms with Gasteiger partial charge in [-0.2, -0.15) is 0 Å². The van der Waals surface area contributed by atoms with Crippen LogP contribution < -0.4 is 15.2 Å². The number of carboxylic acids is 2. The van der Waals surface area contributed by atoms with Crippen LogP contribution >= 0.6 is 0 Å². The maximum absolute atomic E-state index is 10.6. The molecule has 0 unspecified atom stereocenters. The third kappa shape index (κ3) is 7.41. The Morgan fingerprint density at radius 3 is 1.79 bits per heavy atom. The standard InChI is InChI=1S/C11H15NO4.C9H8O4/c1-14-9-5-8(3-4-16-11(12)13)6-10(7-9)15-2;1-5-6(8(10)11)3-2-4-7(5)9(12)13/h5-7H,3-4H2,1-2H3,(H2,12,13);2-4H,1H3,(H,10,11)(H,12,13). The van der Waals surface area contributed by atoms with Gasteiger partial charge in [0.2, 0.25) is 0 Å². The SMILES string of the molecule is COc1cc(CCOC(N)=O)cc(OC)c1.Cc1c(C(=O)O)cccc1C(=O)O. The fraction of sp³-hybridized carbons (Fsp3) is 0.250. The van der Waals surface area contributed by atoms with Gasteiger partial charge in [-0.1, -0.05) is 6.07 Å². The molecule has 0 aliphatic carbocycles. The van der Waals surface area contributed by atoms with Crippen LogP contribution in [0.4, 0.5) is 4.79 Å². The summed E-state index contributed by atoms with van der Waals surface area (Å²) < 4.78 is 14.9. The number of rotatable bonds is 7. The van der Waals surface area contributed by atoms with E-state index in [1.54, 1.807) is 20.3 Å². The first-order valence-electron chi connectivity index (χ1n) is 8.40. The van der Waals surface area contributed by atoms with Crippen LogP contribution in [0.15, 0.2) is 36.4 Å². The number of hydrogen-bond acceptors (Lipinski definition) is 6. The number of carbonyl (C=O) groups is 3. The Hall–Kier alpha value is -3.75. The molecule has 29 heavy (non-hydrogen) atoms. The van der Waals surface area contributed by atoms with Gasteiger partial charge in [0.25, 0.3) is 0 Å². The number of ether oxygens (including phenoxy) is 3. The summed E-state index contributed by atoms with van der Waals surface area (Å²) in [6, 6.07) is 9.66. The van der Waals surface area contributed by atoms with E-state index in [-0.39, 0.29) is 23.3 Å². The van der Waals surface area contributed by atoms with Crippen LogP contribution in [0.25, 0.3) is 0 Å². The van der Waals surface area contributed by atoms with Crippen LogP contribution in [0.1, 0.15) is 31.8 Å². The number of benzene rings is 2. The molecule has 0 fully saturated rings. The number of amides is 1. The van der Waals surface area contributed by atoms with E-state index in [2.05, 4.69) is 4.74 Å². The van der Waals surface area contributed by atoms with Crippen LogP contribution in [0.3, 0.4) is 0 Å². The lowest BCUT2D eigenvalue weighted by molar-refractivity contribution is 0.0696. The lowest BCUT2D eigenvalue weighted by Gasteiger charge is -2.08. The highest BCUT2D eigenvalue weighted by atomic mass is 16.5. The number of nitrogens with two attached hydrogens (primary N) is 1. The molecular weight excluding hydrogens is 382 g/mol. The van der Waals surface area contributed by atoms with Gasteiger partial charge >= 0.3 is 18.0 Å². The predicted molar refractivity (Wildman–Crippen MR) is 104 cm³/mol. The lowest BCUT2D eigenvalue weighted by Crippen LogP contribution is -2.14. The monoisotopic (exact) mass is 405 g/mol. The minimum absolute atomic E-state index is 0.0277. The van der Waals surface area contributed by atoms with Gasteiger partial charge in [-0.3, -0.25) is 0 Å². The van der Waals surface area contributed by atoms with Gasteiger partial charge in [0.15, 0.2) is 0 Å². The number of carbonyl (C=O) groups excluding carboxylic acids is 1. The van der Waals surface area contributed by atoms with Gasteiger partial charge in [-0.05, 0) is 42.3 Å². The Labute approximate surface area is 167 Å². The molecule has 0 radical (unpaired) electrons. The molecular formula is C20H23NO8. The van der Waals surface area contributed by atoms with Crippen molar-refractivity contribution in [3.8, 4) is 11.5 Å². The minimum atomic E-state index is -1.11. The van der Waals surface area contributed by atoms with E-state index in [1.165, 1.54) is 25.1 Å². The summed E-state index contributed by atoms with van der Waals surface area (Å²) in [5.41, 5.74) is 6.15. The maximum Gasteiger partial charge on any atom is 0.404 e. The molecule has 2 rings (SSSR count). The van der Waals surface area contributed by atoms with E-state index < -0.39 is 18.0 Å². The van der Waals surface area contributed by atoms with Crippen molar-refractivity contribution in [3.05, 3.63) is 58.7 Å². The molecule has 0 atom stereocenters. The van der Waals surface area contributed by atoms with Crippen LogP contribution in [-0.4, -0.2) is 49.1 Å². The molecule has 0 bridgehead atoms. The molecule has 2 aromatic rings. The zero-order chi connectivity index (χ0) is 22.0. The number of aromatic carboxylic acids is 2. The second-order valence-electron chi connectivity index (χ2n) is 5.73. The molecule has 0 spiro atoms. The number of methoxy groups -OCH3 is 2. The summed E-state index contributed by atoms with van der Waals surface area (Å²) in [7, 11) is 3.16. The van der Waals surface area contributed by atoms with E-state index >= 15 is 0 Å². The third-order valence-corrected chi connectivity index (χ3v) is 3.84. The van der Waals surface area contributed by atoms with Crippen LogP contribution in [-0.2, 0) is 11.2 Å². The third-order valence-electron chi connectivity index (χ3n) is 3.84. The van der Waals surface area contributed by atoms with Crippen molar-refractivity contribution in [2.45, 2.75) is 13.3 Å². The largest absolute Gasteiger partial charge is 0.497 e. The lowest BCUT2D eigenvalue weighted by atomic mass is 10.0. The summed E-state index contributed by atoms with van der Waals surface area (Å²) in [5, 5.41) is 17.4. The molecule has 4 N–H and O–H groups in total. The smallest absolute Gasteiger partial charge is 0.404 e. The Balaban J connectivity index is 0.000000296. The first-order valence-corrected chi connectivity index (χ1v) is 8.40. The van der Waals surface area contributed by atoms with Crippen LogP contribution in [0.5, 0.6) is 11.5 Å². The summed E-state index contributed by atoms with van der Waals surface area (Å²) >= 11 is 0. The van der Waals surface area contributed by atoms with E-state index in [1.807, 2.05) is 12.1 Å². The van der Waals surface area contributed by atoms with Gasteiger partial charge in [0.1, 0.15) is 11.5 Å². The van der Waals surface area contributed by atoms with Gasteiger partial charge in [-0.25, -0.2) is 14.4 Å². The van der Waals surface area contributed by atoms with Crippen molar-refractivity contribution in [2.24, 2.45) is 5.73 Å². The Morgan fingerprint density at radius 1 is 0.931 bits per heavy atom. The molecule has 156 valence electrons. The average molecular weight is 405 g/mol. The molecule has 1 amide bonds. The quantitative estimate of drug-likeness (QED) is 0.637. The maximum atomic E-state index is 10.6. The Bertz CT molecular complexity index is 824. The molecule has 0 aliphatic rings. The molecule has 0 saturated carbocycles. The van der Waals surface area contributed by atoms with Crippen LogP contribution in [0.2, 0.25) is 0 Å². The van der Waals surface area contributed by atoms with E-state index in [9.17, 15) is 14.4 Å². The van der Waals surface area contributed by atoms with Crippen molar-refractivity contribution in [3.63, 3.8) is 0 Å². The van der Waals surface area contributed by atoms with Crippen molar-refractivity contribution >= 4 is 18.0 Å². The van der Waals surface area contributed by atoms with Crippen molar-refractivity contribution in [1.29, 1.82) is 0 Å². The Kier molecular flexibility index (Phi) is 8.97. The highest BCUT2D eigenvalue weighted by molar-refractivity contribution is 5.96. The highest BCUT2D eigenvalue weighted by Crippen LogP contribution is 2.22. The summed E-state index contributed by atoms with van der Waals surface area (Å²) in [4.78, 5) is 31.6. The predicted octanol–water partition coefficient (Wildman–Crippen LogP) is 2.73. The fourth-order valence-electron chi connectivity index (χ4n) is 2.38. The molecule has 0 aromatic heterocycles. The molecule has 0 saturated heterocycles. The second-order valence-corrected chi connectivity index (χ2v) is 5.73. The van der Waals surface area contributed by atoms with Gasteiger partial charge in [0.05, 0.1) is 32.0 Å². The van der Waals surface area contributed by atoms with Crippen LogP contribution in [0, 0.1) is 6.92 Å². The topological polar surface area (TPSA) is 145 Å². The Morgan fingerprint density at radius 2 is 1.41 bits per heavy atom. The first kappa shape index (κ1) is 23.3. The number of primary amides is 1. The molecule has 9 heteroatoms. The summed E-state index contributed by atoms with van der Waals surface area (Å²) in [5.74, 6) is -0.817. The van der Waals surface area contributed by atoms with Crippen molar-refractivity contribution < 1.29 is 38.8 Å². The second kappa shape index (κ2) is 11.2. The highest BCUT2D eigenvalue weighted by Gasteiger charge is 2.13. The van der Waals surface area contributed by atoms with Crippen molar-refractivity contribution in [1.82, 2.24) is 0 Å². The van der Waals surface area contributed by atoms with Gasteiger partial charge in [0, 0.05) is 12.5 Å². The number of carboxylic acid groups (broad SMARTS) is 2. The number of hydrogen-bond donors (Lipinski definition) is 3. The normalized spacial score (nSPS) is 9.62. The van der Waals surface area contributed by atoms with E-state index in [4.69, 9.17) is 25.4 Å². The summed E-state index contributed by atoms with van der Waals surface area (Å²) in [6.45, 7) is 1.72. The minimum Gasteiger partial charge on any atom is -0.497 e. The molecule has 2 aromatic carbocycles. The van der Waals surface area contributed by atoms with Crippen molar-refractivity contribution in [2.75, 3.05) is 20.8 Å². The summed E-state index contributed by atoms with van der Waals surface area (Å²) in [6.07, 6.45) is -0.203. The zero-order valence-electron chi connectivity index (χ0n) is 16.3. The van der Waals surface area contributed by atoms with Gasteiger partial charge < -0.3 is 30.2 Å². The molecule has 9 nitrogen and oxygen atoms in total. The zero-order valence-corrected chi connectivity index (χ0v) is 16.3. The van der Waals surface area contributed by atoms with Gasteiger partial charge in [-0.15, -0.1) is 0 Å². The fourth-order valence-corrected chi connectivity index (χ4v) is 2.38. The molecule has 0 heterocycles. The van der Waals surface area contributed by atoms with E-state index in [0.717, 1.165) is 5.56 Å².